The van der Waals surface area contributed by atoms with Crippen LogP contribution in [0.1, 0.15) is 17.1 Å². The van der Waals surface area contributed by atoms with E-state index in [2.05, 4.69) is 24.9 Å². The number of hydrogen-bond donors (Lipinski definition) is 0. The molecule has 24 heavy (non-hydrogen) atoms. The molecule has 0 fully saturated rings. The topological polar surface area (TPSA) is 64.5 Å². The molecule has 0 saturated heterocycles. The normalized spacial score (nSPS) is 10.0. The molecule has 0 unspecified atom stereocenters. The lowest BCUT2D eigenvalue weighted by atomic mass is 10.2. The molecule has 0 N–H and O–H groups in total. The molecule has 3 heterocycles. The summed E-state index contributed by atoms with van der Waals surface area (Å²) in [6, 6.07) is 6.08. The first-order chi connectivity index (χ1) is 11.5. The van der Waals surface area contributed by atoms with Gasteiger partial charge in [0, 0.05) is 11.4 Å². The molecule has 3 rings (SSSR count). The number of alkyl halides is 1. The molecule has 124 valence electrons. The van der Waals surface area contributed by atoms with E-state index in [1.54, 1.807) is 12.1 Å². The Balaban J connectivity index is 0.000000219. The van der Waals surface area contributed by atoms with Crippen LogP contribution in [0.3, 0.4) is 0 Å². The summed E-state index contributed by atoms with van der Waals surface area (Å²) < 4.78 is 25.5. The fraction of sp³-hybridized carbons (Fsp3) is 0.188. The molecule has 3 aromatic heterocycles. The molecule has 0 aliphatic carbocycles. The molecule has 0 amide bonds. The van der Waals surface area contributed by atoms with Gasteiger partial charge in [-0.05, 0) is 38.1 Å². The molecule has 0 radical (unpaired) electrons. The van der Waals surface area contributed by atoms with E-state index in [0.29, 0.717) is 16.5 Å². The van der Waals surface area contributed by atoms with Crippen LogP contribution in [0.15, 0.2) is 36.9 Å². The minimum atomic E-state index is -0.927. The Morgan fingerprint density at radius 1 is 0.917 bits per heavy atom. The van der Waals surface area contributed by atoms with E-state index >= 15 is 0 Å². The molecule has 0 saturated carbocycles. The number of rotatable bonds is 2. The monoisotopic (exact) mass is 349 g/mol. The molecule has 3 aromatic rings. The lowest BCUT2D eigenvalue weighted by molar-refractivity contribution is 0.452. The van der Waals surface area contributed by atoms with Gasteiger partial charge in [-0.25, -0.2) is 33.7 Å². The average Bonchev–Trinajstić information content (AvgIpc) is 2.55. The number of pyridine rings is 1. The van der Waals surface area contributed by atoms with Crippen molar-refractivity contribution in [3.63, 3.8) is 0 Å². The fourth-order valence-corrected chi connectivity index (χ4v) is 1.94. The van der Waals surface area contributed by atoms with Crippen molar-refractivity contribution in [2.24, 2.45) is 0 Å². The van der Waals surface area contributed by atoms with E-state index in [1.165, 1.54) is 24.8 Å². The molecule has 5 nitrogen and oxygen atoms in total. The summed E-state index contributed by atoms with van der Waals surface area (Å²) in [4.78, 5) is 19.3. The Morgan fingerprint density at radius 2 is 1.58 bits per heavy atom. The molecule has 0 aromatic carbocycles. The molecular weight excluding hydrogens is 336 g/mol. The highest BCUT2D eigenvalue weighted by Crippen LogP contribution is 2.17. The molecule has 0 aliphatic rings. The fourth-order valence-electron chi connectivity index (χ4n) is 1.74. The van der Waals surface area contributed by atoms with Gasteiger partial charge in [0.25, 0.3) is 0 Å². The quantitative estimate of drug-likeness (QED) is 0.657. The first-order valence-corrected chi connectivity index (χ1v) is 7.32. The van der Waals surface area contributed by atoms with Gasteiger partial charge in [0.2, 0.25) is 0 Å². The maximum Gasteiger partial charge on any atom is 0.147 e. The molecule has 0 spiro atoms. The number of hydrogen-bond acceptors (Lipinski definition) is 5. The first kappa shape index (κ1) is 17.8. The van der Waals surface area contributed by atoms with Crippen LogP contribution in [-0.2, 0) is 6.67 Å². The van der Waals surface area contributed by atoms with Crippen LogP contribution in [0, 0.1) is 19.7 Å². The van der Waals surface area contributed by atoms with Gasteiger partial charge in [0.1, 0.15) is 36.0 Å². The van der Waals surface area contributed by atoms with Crippen LogP contribution in [-0.4, -0.2) is 24.9 Å². The van der Waals surface area contributed by atoms with Crippen LogP contribution in [0.4, 0.5) is 8.78 Å². The zero-order valence-electron chi connectivity index (χ0n) is 13.0. The van der Waals surface area contributed by atoms with Crippen molar-refractivity contribution in [1.82, 2.24) is 24.9 Å². The number of nitrogens with zero attached hydrogens (tertiary/aromatic N) is 5. The van der Waals surface area contributed by atoms with E-state index in [4.69, 9.17) is 11.6 Å². The third kappa shape index (κ3) is 4.99. The van der Waals surface area contributed by atoms with E-state index in [-0.39, 0.29) is 5.69 Å². The maximum absolute atomic E-state index is 13.0. The van der Waals surface area contributed by atoms with Crippen LogP contribution in [0.25, 0.3) is 11.4 Å². The Morgan fingerprint density at radius 3 is 2.12 bits per heavy atom. The van der Waals surface area contributed by atoms with E-state index in [1.807, 2.05) is 13.8 Å². The summed E-state index contributed by atoms with van der Waals surface area (Å²) in [5, 5.41) is 0.498. The van der Waals surface area contributed by atoms with Crippen LogP contribution >= 0.6 is 11.6 Å². The van der Waals surface area contributed by atoms with Crippen molar-refractivity contribution >= 4 is 11.6 Å². The summed E-state index contributed by atoms with van der Waals surface area (Å²) in [5.74, 6) is -0.642. The second-order valence-corrected chi connectivity index (χ2v) is 5.17. The summed E-state index contributed by atoms with van der Waals surface area (Å²) in [6.07, 6.45) is 2.84. The summed E-state index contributed by atoms with van der Waals surface area (Å²) in [5.41, 5.74) is 2.47. The Labute approximate surface area is 142 Å². The Bertz CT molecular complexity index is 812. The minimum absolute atomic E-state index is 0.200. The molecular formula is C16H14ClF2N5. The van der Waals surface area contributed by atoms with E-state index < -0.39 is 12.5 Å². The molecule has 8 heteroatoms. The summed E-state index contributed by atoms with van der Waals surface area (Å²) in [7, 11) is 0. The predicted octanol–water partition coefficient (Wildman–Crippen LogP) is 3.89. The lowest BCUT2D eigenvalue weighted by Gasteiger charge is -2.03. The molecule has 0 atom stereocenters. The third-order valence-corrected chi connectivity index (χ3v) is 3.09. The lowest BCUT2D eigenvalue weighted by Crippen LogP contribution is -1.96. The highest BCUT2D eigenvalue weighted by Gasteiger charge is 2.07. The predicted molar refractivity (Wildman–Crippen MR) is 86.5 cm³/mol. The standard InChI is InChI=1S/C11H9F2N3.C5H5ClN2/c1-7-4-10(15-6-14-7)9-3-2-8(13)11(5-12)16-9;1-4-2-5(6)8-3-7-4/h2-4,6H,5H2,1H3;2-3H,1H3. The van der Waals surface area contributed by atoms with Crippen molar-refractivity contribution in [3.8, 4) is 11.4 Å². The van der Waals surface area contributed by atoms with Crippen LogP contribution in [0.5, 0.6) is 0 Å². The van der Waals surface area contributed by atoms with E-state index in [9.17, 15) is 8.78 Å². The zero-order chi connectivity index (χ0) is 17.5. The highest BCUT2D eigenvalue weighted by atomic mass is 35.5. The van der Waals surface area contributed by atoms with Crippen molar-refractivity contribution in [2.75, 3.05) is 0 Å². The molecule has 0 aliphatic heterocycles. The van der Waals surface area contributed by atoms with Gasteiger partial charge in [-0.2, -0.15) is 0 Å². The Kier molecular flexibility index (Phi) is 6.20. The van der Waals surface area contributed by atoms with Crippen molar-refractivity contribution in [3.05, 3.63) is 65.0 Å². The van der Waals surface area contributed by atoms with Gasteiger partial charge in [0.15, 0.2) is 0 Å². The smallest absolute Gasteiger partial charge is 0.147 e. The SMILES string of the molecule is Cc1cc(-c2ccc(F)c(CF)n2)ncn1.Cc1cc(Cl)ncn1. The Hall–Kier alpha value is -2.54. The maximum atomic E-state index is 13.0. The second-order valence-electron chi connectivity index (χ2n) is 4.79. The van der Waals surface area contributed by atoms with Gasteiger partial charge in [-0.1, -0.05) is 11.6 Å². The van der Waals surface area contributed by atoms with Crippen molar-refractivity contribution < 1.29 is 8.78 Å². The average molecular weight is 350 g/mol. The zero-order valence-corrected chi connectivity index (χ0v) is 13.8. The van der Waals surface area contributed by atoms with Gasteiger partial charge in [-0.3, -0.25) is 0 Å². The second kappa shape index (κ2) is 8.35. The van der Waals surface area contributed by atoms with Crippen molar-refractivity contribution in [2.45, 2.75) is 20.5 Å². The highest BCUT2D eigenvalue weighted by molar-refractivity contribution is 6.29. The van der Waals surface area contributed by atoms with Crippen LogP contribution < -0.4 is 0 Å². The number of halogens is 3. The molecule has 0 bridgehead atoms. The van der Waals surface area contributed by atoms with Crippen molar-refractivity contribution in [1.29, 1.82) is 0 Å². The van der Waals surface area contributed by atoms with E-state index in [0.717, 1.165) is 11.4 Å². The van der Waals surface area contributed by atoms with Gasteiger partial charge in [-0.15, -0.1) is 0 Å². The first-order valence-electron chi connectivity index (χ1n) is 6.94. The third-order valence-electron chi connectivity index (χ3n) is 2.88. The van der Waals surface area contributed by atoms with Crippen LogP contribution in [0.2, 0.25) is 5.15 Å². The minimum Gasteiger partial charge on any atom is -0.245 e. The summed E-state index contributed by atoms with van der Waals surface area (Å²) >= 11 is 5.49. The number of aromatic nitrogens is 5. The summed E-state index contributed by atoms with van der Waals surface area (Å²) in [6.45, 7) is 2.75. The van der Waals surface area contributed by atoms with Gasteiger partial charge in [0.05, 0.1) is 11.4 Å². The van der Waals surface area contributed by atoms with Gasteiger partial charge >= 0.3 is 0 Å². The van der Waals surface area contributed by atoms with Gasteiger partial charge < -0.3 is 0 Å². The largest absolute Gasteiger partial charge is 0.245 e. The number of aryl methyl sites for hydroxylation is 2.